The molecular formula is C66H63N5O10S. The number of nitrogens with zero attached hydrogens (tertiary/aromatic N) is 3. The predicted molar refractivity (Wildman–Crippen MR) is 313 cm³/mol. The van der Waals surface area contributed by atoms with Gasteiger partial charge in [0.25, 0.3) is 11.8 Å². The van der Waals surface area contributed by atoms with E-state index in [0.717, 1.165) is 89.8 Å². The Balaban J connectivity index is 0.651. The Kier molecular flexibility index (Phi) is 16.3. The van der Waals surface area contributed by atoms with Crippen LogP contribution in [0.5, 0.6) is 23.0 Å². The van der Waals surface area contributed by atoms with Crippen molar-refractivity contribution < 1.29 is 46.6 Å². The van der Waals surface area contributed by atoms with E-state index in [1.54, 1.807) is 43.4 Å². The molecule has 7 aromatic carbocycles. The number of likely N-dealkylation sites (N-methyl/N-ethyl adjacent to an activating group) is 1. The van der Waals surface area contributed by atoms with E-state index in [9.17, 15) is 32.4 Å². The van der Waals surface area contributed by atoms with Gasteiger partial charge in [-0.1, -0.05) is 78.6 Å². The number of ether oxygens (including phenoxy) is 3. The number of sulfone groups is 1. The highest BCUT2D eigenvalue weighted by atomic mass is 32.2. The van der Waals surface area contributed by atoms with Crippen LogP contribution in [0.1, 0.15) is 87.1 Å². The van der Waals surface area contributed by atoms with E-state index < -0.39 is 45.5 Å². The number of piperidine rings is 3. The molecule has 3 fully saturated rings. The molecule has 15 nitrogen and oxygen atoms in total. The standard InChI is InChI=1S/C66H63N5O10S/c1-67-57(35-40-79-50-20-22-51(23-21-50)81-63-54(46-17-25-53(26-18-46)82(2,77)78)27-19-48-41-52(24-28-55(48)63)80-42-45-7-4-3-5-8-45)62(73)47-15-13-43(14-16-47)11-12-44-31-36-69(37-32-44)49-33-38-70(39-34-49)58-10-6-9-56-61(58)66(76)71(65(56)75)59-29-30-60(72)68-64(59)74/h3-10,13-28,41,44,49,57,59,67H,29-40,42H2,1-2H3,(H,68,72,74). The lowest BCUT2D eigenvalue weighted by molar-refractivity contribution is -0.136. The molecule has 0 radical (unpaired) electrons. The molecule has 0 spiro atoms. The number of hydrogen-bond donors (Lipinski definition) is 2. The van der Waals surface area contributed by atoms with Gasteiger partial charge in [-0.25, -0.2) is 8.42 Å². The Morgan fingerprint density at radius 3 is 2.15 bits per heavy atom. The molecular weight excluding hydrogens is 1050 g/mol. The van der Waals surface area contributed by atoms with E-state index in [-0.39, 0.29) is 29.4 Å². The van der Waals surface area contributed by atoms with Crippen molar-refractivity contribution >= 4 is 55.7 Å². The summed E-state index contributed by atoms with van der Waals surface area (Å²) < 4.78 is 43.5. The maximum Gasteiger partial charge on any atom is 0.264 e. The molecule has 4 heterocycles. The van der Waals surface area contributed by atoms with Gasteiger partial charge in [-0.05, 0) is 154 Å². The van der Waals surface area contributed by atoms with Gasteiger partial charge in [0.05, 0.1) is 34.4 Å². The molecule has 4 aliphatic rings. The van der Waals surface area contributed by atoms with Crippen LogP contribution in [-0.4, -0.2) is 112 Å². The quantitative estimate of drug-likeness (QED) is 0.0500. The number of carbonyl (C=O) groups is 5. The second kappa shape index (κ2) is 24.2. The lowest BCUT2D eigenvalue weighted by atomic mass is 9.93. The number of Topliss-reactive ketones (excluding diaryl/α,β-unsaturated/α-hetero) is 1. The van der Waals surface area contributed by atoms with Crippen LogP contribution in [0.2, 0.25) is 0 Å². The normalized spacial score (nSPS) is 17.5. The maximum absolute atomic E-state index is 13.7. The van der Waals surface area contributed by atoms with E-state index in [4.69, 9.17) is 14.2 Å². The average molecular weight is 1120 g/mol. The molecule has 4 amide bonds. The van der Waals surface area contributed by atoms with Gasteiger partial charge in [-0.3, -0.25) is 34.2 Å². The first-order valence-electron chi connectivity index (χ1n) is 27.9. The number of amides is 4. The average Bonchev–Trinajstić information content (AvgIpc) is 3.97. The summed E-state index contributed by atoms with van der Waals surface area (Å²) in [5.74, 6) is 7.60. The molecule has 82 heavy (non-hydrogen) atoms. The van der Waals surface area contributed by atoms with Gasteiger partial charge in [0, 0.05) is 66.2 Å². The van der Waals surface area contributed by atoms with Crippen molar-refractivity contribution in [3.05, 3.63) is 179 Å². The Morgan fingerprint density at radius 1 is 0.720 bits per heavy atom. The predicted octanol–water partition coefficient (Wildman–Crippen LogP) is 9.66. The fourth-order valence-electron chi connectivity index (χ4n) is 11.5. The van der Waals surface area contributed by atoms with Crippen molar-refractivity contribution in [1.82, 2.24) is 20.4 Å². The van der Waals surface area contributed by atoms with Crippen molar-refractivity contribution in [2.45, 2.75) is 74.6 Å². The third-order valence-electron chi connectivity index (χ3n) is 16.1. The Hall–Kier alpha value is -8.62. The van der Waals surface area contributed by atoms with Gasteiger partial charge in [-0.2, -0.15) is 0 Å². The monoisotopic (exact) mass is 1120 g/mol. The van der Waals surface area contributed by atoms with Gasteiger partial charge >= 0.3 is 0 Å². The molecule has 0 saturated carbocycles. The first-order chi connectivity index (χ1) is 39.8. The minimum absolute atomic E-state index is 0.0352. The summed E-state index contributed by atoms with van der Waals surface area (Å²) in [7, 11) is -1.61. The minimum Gasteiger partial charge on any atom is -0.494 e. The van der Waals surface area contributed by atoms with E-state index >= 15 is 0 Å². The SMILES string of the molecule is CNC(CCOc1ccc(Oc2c(-c3ccc(S(C)(=O)=O)cc3)ccc3cc(OCc4ccccc4)ccc23)cc1)C(=O)c1ccc(C#CC2CCN(C3CCN(c4cccc5c4C(=O)N(C4CCC(=O)NC4=O)C5=O)CC3)CC2)cc1. The lowest BCUT2D eigenvalue weighted by Crippen LogP contribution is -2.54. The van der Waals surface area contributed by atoms with Crippen LogP contribution in [0.4, 0.5) is 5.69 Å². The molecule has 3 saturated heterocycles. The maximum atomic E-state index is 13.7. The number of fused-ring (bicyclic) bond motifs is 2. The first-order valence-corrected chi connectivity index (χ1v) is 29.8. The highest BCUT2D eigenvalue weighted by molar-refractivity contribution is 7.90. The molecule has 16 heteroatoms. The molecule has 0 aromatic heterocycles. The van der Waals surface area contributed by atoms with E-state index in [0.29, 0.717) is 71.1 Å². The van der Waals surface area contributed by atoms with Crippen LogP contribution in [0, 0.1) is 17.8 Å². The highest BCUT2D eigenvalue weighted by Gasteiger charge is 2.46. The third kappa shape index (κ3) is 12.2. The van der Waals surface area contributed by atoms with Crippen LogP contribution >= 0.6 is 0 Å². The van der Waals surface area contributed by atoms with Gasteiger partial charge in [0.2, 0.25) is 11.8 Å². The van der Waals surface area contributed by atoms with Crippen LogP contribution in [0.3, 0.4) is 0 Å². The summed E-state index contributed by atoms with van der Waals surface area (Å²) in [4.78, 5) is 71.2. The molecule has 2 N–H and O–H groups in total. The summed E-state index contributed by atoms with van der Waals surface area (Å²) in [5.41, 5.74) is 5.44. The van der Waals surface area contributed by atoms with E-state index in [1.807, 2.05) is 115 Å². The smallest absolute Gasteiger partial charge is 0.264 e. The zero-order chi connectivity index (χ0) is 56.9. The summed E-state index contributed by atoms with van der Waals surface area (Å²) >= 11 is 0. The zero-order valence-electron chi connectivity index (χ0n) is 45.8. The van der Waals surface area contributed by atoms with Crippen LogP contribution < -0.4 is 29.7 Å². The Morgan fingerprint density at radius 2 is 1.44 bits per heavy atom. The number of carbonyl (C=O) groups excluding carboxylic acids is 5. The Bertz CT molecular complexity index is 3730. The molecule has 4 aliphatic heterocycles. The number of benzene rings is 7. The molecule has 418 valence electrons. The van der Waals surface area contributed by atoms with Crippen molar-refractivity contribution in [2.24, 2.45) is 5.92 Å². The van der Waals surface area contributed by atoms with Crippen molar-refractivity contribution in [1.29, 1.82) is 0 Å². The van der Waals surface area contributed by atoms with Crippen molar-refractivity contribution in [2.75, 3.05) is 51.0 Å². The molecule has 2 atom stereocenters. The summed E-state index contributed by atoms with van der Waals surface area (Å²) in [6, 6.07) is 45.6. The number of anilines is 1. The number of ketones is 1. The van der Waals surface area contributed by atoms with E-state index in [2.05, 4.69) is 32.3 Å². The fraction of sp³-hybridized carbons (Fsp3) is 0.288. The molecule has 0 aliphatic carbocycles. The second-order valence-corrected chi connectivity index (χ2v) is 23.3. The molecule has 11 rings (SSSR count). The van der Waals surface area contributed by atoms with Crippen LogP contribution in [0.15, 0.2) is 157 Å². The highest BCUT2D eigenvalue weighted by Crippen LogP contribution is 2.42. The third-order valence-corrected chi connectivity index (χ3v) is 17.2. The van der Waals surface area contributed by atoms with E-state index in [1.165, 1.54) is 6.26 Å². The number of likely N-dealkylation sites (tertiary alicyclic amines) is 1. The van der Waals surface area contributed by atoms with Gasteiger partial charge < -0.3 is 29.3 Å². The fourth-order valence-corrected chi connectivity index (χ4v) is 12.1. The molecule has 0 bridgehead atoms. The van der Waals surface area contributed by atoms with Gasteiger partial charge in [-0.15, -0.1) is 0 Å². The number of nitrogens with one attached hydrogen (secondary N) is 2. The summed E-state index contributed by atoms with van der Waals surface area (Å²) in [6.45, 7) is 4.07. The second-order valence-electron chi connectivity index (χ2n) is 21.3. The number of rotatable bonds is 17. The molecule has 2 unspecified atom stereocenters. The topological polar surface area (TPSA) is 181 Å². The molecule has 7 aromatic rings. The summed E-state index contributed by atoms with van der Waals surface area (Å²) in [5, 5.41) is 7.19. The Labute approximate surface area is 477 Å². The zero-order valence-corrected chi connectivity index (χ0v) is 46.6. The summed E-state index contributed by atoms with van der Waals surface area (Å²) in [6.07, 6.45) is 5.57. The minimum atomic E-state index is -3.38. The van der Waals surface area contributed by atoms with Crippen LogP contribution in [-0.2, 0) is 26.0 Å². The van der Waals surface area contributed by atoms with Crippen molar-refractivity contribution in [3.63, 3.8) is 0 Å². The van der Waals surface area contributed by atoms with Crippen LogP contribution in [0.25, 0.3) is 21.9 Å². The number of hydrogen-bond acceptors (Lipinski definition) is 13. The first kappa shape index (κ1) is 55.3. The van der Waals surface area contributed by atoms with Crippen molar-refractivity contribution in [3.8, 4) is 46.0 Å². The van der Waals surface area contributed by atoms with Gasteiger partial charge in [0.1, 0.15) is 35.6 Å². The largest absolute Gasteiger partial charge is 0.494 e. The lowest BCUT2D eigenvalue weighted by Gasteiger charge is -2.42. The number of imide groups is 2. The van der Waals surface area contributed by atoms with Gasteiger partial charge in [0.15, 0.2) is 15.6 Å².